The third-order valence-corrected chi connectivity index (χ3v) is 7.01. The van der Waals surface area contributed by atoms with Gasteiger partial charge in [-0.2, -0.15) is 9.78 Å². The number of nitrogens with zero attached hydrogens (tertiary/aromatic N) is 3. The van der Waals surface area contributed by atoms with Gasteiger partial charge >= 0.3 is 6.09 Å². The Balaban J connectivity index is 0.000000145. The monoisotopic (exact) mass is 428 g/mol. The van der Waals surface area contributed by atoms with Crippen molar-refractivity contribution in [3.05, 3.63) is 24.5 Å². The minimum Gasteiger partial charge on any atom is -0.477 e. The third-order valence-electron chi connectivity index (χ3n) is 7.01. The minimum atomic E-state index is -0.518. The van der Waals surface area contributed by atoms with E-state index in [-0.39, 0.29) is 0 Å². The van der Waals surface area contributed by atoms with E-state index in [1.807, 2.05) is 26.8 Å². The topological polar surface area (TPSA) is 91.3 Å². The van der Waals surface area contributed by atoms with Crippen molar-refractivity contribution in [3.63, 3.8) is 0 Å². The van der Waals surface area contributed by atoms with Gasteiger partial charge in [-0.15, -0.1) is 5.10 Å². The Hall–Kier alpha value is -2.51. The van der Waals surface area contributed by atoms with Gasteiger partial charge in [-0.25, -0.2) is 9.89 Å². The van der Waals surface area contributed by atoms with Crippen LogP contribution in [0.4, 0.5) is 4.79 Å². The van der Waals surface area contributed by atoms with Crippen molar-refractivity contribution in [1.29, 1.82) is 0 Å². The van der Waals surface area contributed by atoms with Crippen LogP contribution in [-0.2, 0) is 4.74 Å². The van der Waals surface area contributed by atoms with E-state index in [0.717, 1.165) is 30.9 Å². The van der Waals surface area contributed by atoms with E-state index in [4.69, 9.17) is 14.2 Å². The molecule has 0 saturated heterocycles. The van der Waals surface area contributed by atoms with Gasteiger partial charge < -0.3 is 14.2 Å². The maximum atomic E-state index is 11.8. The Morgan fingerprint density at radius 3 is 2.16 bits per heavy atom. The van der Waals surface area contributed by atoms with Crippen LogP contribution in [0.25, 0.3) is 0 Å². The van der Waals surface area contributed by atoms with E-state index in [2.05, 4.69) is 15.3 Å². The molecule has 0 atom stereocenters. The van der Waals surface area contributed by atoms with Crippen LogP contribution in [0.2, 0.25) is 0 Å². The lowest BCUT2D eigenvalue weighted by Crippen LogP contribution is -2.55. The van der Waals surface area contributed by atoms with Crippen LogP contribution >= 0.6 is 0 Å². The van der Waals surface area contributed by atoms with E-state index >= 15 is 0 Å². The van der Waals surface area contributed by atoms with Gasteiger partial charge in [-0.3, -0.25) is 0 Å². The first-order chi connectivity index (χ1) is 14.7. The minimum absolute atomic E-state index is 0.417. The molecule has 2 aromatic heterocycles. The molecule has 0 aromatic carbocycles. The van der Waals surface area contributed by atoms with E-state index in [9.17, 15) is 4.79 Å². The quantitative estimate of drug-likeness (QED) is 0.732. The first kappa shape index (κ1) is 20.4. The fourth-order valence-corrected chi connectivity index (χ4v) is 5.25. The summed E-state index contributed by atoms with van der Waals surface area (Å²) in [7, 11) is 0. The Bertz CT molecular complexity index is 896. The van der Waals surface area contributed by atoms with Crippen LogP contribution in [-0.4, -0.2) is 44.9 Å². The zero-order valence-corrected chi connectivity index (χ0v) is 18.6. The molecule has 4 bridgehead atoms. The predicted molar refractivity (Wildman–Crippen MR) is 113 cm³/mol. The molecule has 0 unspecified atom stereocenters. The summed E-state index contributed by atoms with van der Waals surface area (Å²) < 4.78 is 17.7. The van der Waals surface area contributed by atoms with Crippen molar-refractivity contribution in [3.8, 4) is 11.8 Å². The van der Waals surface area contributed by atoms with Gasteiger partial charge in [0.1, 0.15) is 5.60 Å². The lowest BCUT2D eigenvalue weighted by atomic mass is 9.45. The zero-order chi connectivity index (χ0) is 21.7. The lowest BCUT2D eigenvalue weighted by molar-refractivity contribution is -0.132. The van der Waals surface area contributed by atoms with Gasteiger partial charge in [0.2, 0.25) is 11.8 Å². The highest BCUT2D eigenvalue weighted by molar-refractivity contribution is 5.69. The van der Waals surface area contributed by atoms with Crippen molar-refractivity contribution in [2.45, 2.75) is 64.9 Å². The molecule has 0 radical (unpaired) electrons. The summed E-state index contributed by atoms with van der Waals surface area (Å²) in [6.45, 7) is 7.08. The summed E-state index contributed by atoms with van der Waals surface area (Å²) in [4.78, 5) is 11.8. The fraction of sp³-hybridized carbons (Fsp3) is 0.696. The Labute approximate surface area is 182 Å². The molecule has 6 aliphatic rings. The highest BCUT2D eigenvalue weighted by Gasteiger charge is 2.57. The van der Waals surface area contributed by atoms with Crippen LogP contribution in [0, 0.1) is 22.7 Å². The molecule has 168 valence electrons. The van der Waals surface area contributed by atoms with Crippen molar-refractivity contribution < 1.29 is 19.0 Å². The first-order valence-corrected chi connectivity index (χ1v) is 11.3. The maximum Gasteiger partial charge on any atom is 0.435 e. The van der Waals surface area contributed by atoms with Crippen LogP contribution < -0.4 is 9.47 Å². The molecule has 6 aliphatic carbocycles. The molecule has 8 nitrogen and oxygen atoms in total. The zero-order valence-electron chi connectivity index (χ0n) is 18.6. The lowest BCUT2D eigenvalue weighted by Gasteiger charge is -2.61. The number of hydrogen-bond donors (Lipinski definition) is 1. The van der Waals surface area contributed by atoms with Crippen LogP contribution in [0.5, 0.6) is 11.8 Å². The summed E-state index contributed by atoms with van der Waals surface area (Å²) in [6.07, 6.45) is 10.9. The molecule has 0 spiro atoms. The summed E-state index contributed by atoms with van der Waals surface area (Å²) >= 11 is 0. The second-order valence-electron chi connectivity index (χ2n) is 11.0. The molecule has 2 heterocycles. The molecule has 0 amide bonds. The number of hydrogen-bond acceptors (Lipinski definition) is 6. The molecular formula is C23H32N4O4. The second kappa shape index (κ2) is 7.28. The Morgan fingerprint density at radius 2 is 1.68 bits per heavy atom. The van der Waals surface area contributed by atoms with Crippen molar-refractivity contribution in [2.24, 2.45) is 22.7 Å². The smallest absolute Gasteiger partial charge is 0.435 e. The normalized spacial score (nSPS) is 31.6. The predicted octanol–water partition coefficient (Wildman–Crippen LogP) is 4.43. The number of nitrogens with one attached hydrogen (secondary N) is 1. The Morgan fingerprint density at radius 1 is 1.06 bits per heavy atom. The second-order valence-corrected chi connectivity index (χ2v) is 11.0. The molecule has 8 heteroatoms. The number of carbonyl (C=O) groups excluding carboxylic acids is 1. The number of aromatic nitrogens is 4. The Kier molecular flexibility index (Phi) is 4.79. The number of ether oxygens (including phenoxy) is 3. The molecule has 8 rings (SSSR count). The van der Waals surface area contributed by atoms with Gasteiger partial charge in [0.15, 0.2) is 0 Å². The highest BCUT2D eigenvalue weighted by Crippen LogP contribution is 2.64. The van der Waals surface area contributed by atoms with Gasteiger partial charge in [-0.1, -0.05) is 0 Å². The van der Waals surface area contributed by atoms with E-state index in [1.165, 1.54) is 43.2 Å². The number of aromatic amines is 1. The van der Waals surface area contributed by atoms with Crippen LogP contribution in [0.3, 0.4) is 0 Å². The number of rotatable bonds is 6. The van der Waals surface area contributed by atoms with E-state index in [1.54, 1.807) is 18.5 Å². The van der Waals surface area contributed by atoms with Crippen molar-refractivity contribution in [1.82, 2.24) is 20.0 Å². The van der Waals surface area contributed by atoms with E-state index < -0.39 is 11.7 Å². The summed E-state index contributed by atoms with van der Waals surface area (Å²) in [6, 6.07) is 3.57. The molecule has 1 N–H and O–H groups in total. The third kappa shape index (κ3) is 4.29. The van der Waals surface area contributed by atoms with Gasteiger partial charge in [0.05, 0.1) is 19.4 Å². The molecule has 0 aliphatic heterocycles. The molecule has 2 aromatic rings. The van der Waals surface area contributed by atoms with Gasteiger partial charge in [0, 0.05) is 29.2 Å². The van der Waals surface area contributed by atoms with Crippen LogP contribution in [0.1, 0.15) is 59.3 Å². The molecular weight excluding hydrogens is 396 g/mol. The standard InChI is InChI=1S/C14H20N2O3.C9H12N2O/c1-13(2,3)19-12(17)16-5-4-11(15-16)18-9-14-6-10(7-14)8-14;1-2-10-11-8(1)12-6-9-3-7(4-9)5-9/h4-5,10H,6-9H2,1-3H3;1-2,7H,3-6H2,(H,10,11). The average Bonchev–Trinajstić information content (AvgIpc) is 3.20. The maximum absolute atomic E-state index is 11.8. The van der Waals surface area contributed by atoms with Crippen molar-refractivity contribution >= 4 is 6.09 Å². The number of H-pyrrole nitrogens is 1. The van der Waals surface area contributed by atoms with Gasteiger partial charge in [-0.05, 0) is 71.1 Å². The highest BCUT2D eigenvalue weighted by atomic mass is 16.6. The molecule has 31 heavy (non-hydrogen) atoms. The summed E-state index contributed by atoms with van der Waals surface area (Å²) in [5.74, 6) is 3.29. The summed E-state index contributed by atoms with van der Waals surface area (Å²) in [5, 5.41) is 10.7. The average molecular weight is 429 g/mol. The number of carbonyl (C=O) groups is 1. The summed E-state index contributed by atoms with van der Waals surface area (Å²) in [5.41, 5.74) is 0.464. The van der Waals surface area contributed by atoms with E-state index in [0.29, 0.717) is 16.7 Å². The molecule has 6 saturated carbocycles. The van der Waals surface area contributed by atoms with Crippen LogP contribution in [0.15, 0.2) is 24.5 Å². The molecule has 6 fully saturated rings. The van der Waals surface area contributed by atoms with Crippen molar-refractivity contribution in [2.75, 3.05) is 13.2 Å². The largest absolute Gasteiger partial charge is 0.477 e. The first-order valence-electron chi connectivity index (χ1n) is 11.3. The SMILES string of the molecule is CC(C)(C)OC(=O)n1ccc(OCC23CC(C2)C3)n1.c1cc(OCC23CC(C2)C3)[nH]n1. The van der Waals surface area contributed by atoms with Gasteiger partial charge in [0.25, 0.3) is 0 Å². The fourth-order valence-electron chi connectivity index (χ4n) is 5.25.